The SMILES string of the molecule is CC(C)C(=O)OCC1CC2(CCC2)C1.CC1CC(=O)N(c2cc(F)c(C3CCC(=O)NC3=O)c(F)c2)C1. The molecular formula is C28H36F2N2O5. The Labute approximate surface area is 216 Å². The van der Waals surface area contributed by atoms with E-state index in [2.05, 4.69) is 5.32 Å². The first-order valence-corrected chi connectivity index (χ1v) is 13.3. The fourth-order valence-electron chi connectivity index (χ4n) is 5.90. The van der Waals surface area contributed by atoms with Gasteiger partial charge in [0.1, 0.15) is 11.6 Å². The average molecular weight is 519 g/mol. The van der Waals surface area contributed by atoms with Crippen molar-refractivity contribution in [3.8, 4) is 0 Å². The van der Waals surface area contributed by atoms with E-state index in [1.54, 1.807) is 0 Å². The molecule has 37 heavy (non-hydrogen) atoms. The number of amides is 3. The number of rotatable bonds is 5. The third-order valence-corrected chi connectivity index (χ3v) is 8.07. The van der Waals surface area contributed by atoms with Gasteiger partial charge >= 0.3 is 5.97 Å². The zero-order chi connectivity index (χ0) is 26.9. The van der Waals surface area contributed by atoms with Gasteiger partial charge in [0.25, 0.3) is 0 Å². The molecule has 202 valence electrons. The van der Waals surface area contributed by atoms with E-state index in [0.29, 0.717) is 30.9 Å². The molecule has 0 bridgehead atoms. The van der Waals surface area contributed by atoms with Gasteiger partial charge in [-0.25, -0.2) is 8.78 Å². The maximum Gasteiger partial charge on any atom is 0.308 e. The standard InChI is InChI=1S/C16H16F2N2O3.C12H20O2/c1-8-4-14(22)20(7-8)9-5-11(17)15(12(18)6-9)10-2-3-13(21)19-16(10)23;1-9(2)11(13)14-8-10-6-12(7-10)4-3-5-12/h5-6,8,10H,2-4,7H2,1H3,(H,19,21,23);9-10H,3-8H2,1-2H3. The zero-order valence-electron chi connectivity index (χ0n) is 21.8. The van der Waals surface area contributed by atoms with Crippen LogP contribution in [0.15, 0.2) is 12.1 Å². The first kappa shape index (κ1) is 27.2. The highest BCUT2D eigenvalue weighted by Gasteiger charge is 2.48. The first-order valence-electron chi connectivity index (χ1n) is 13.3. The second-order valence-electron chi connectivity index (χ2n) is 11.6. The molecule has 2 saturated carbocycles. The van der Waals surface area contributed by atoms with Crippen molar-refractivity contribution in [2.45, 2.75) is 78.1 Å². The number of hydrogen-bond donors (Lipinski definition) is 1. The molecule has 3 amide bonds. The third kappa shape index (κ3) is 6.02. The molecule has 1 aromatic rings. The minimum absolute atomic E-state index is 0.0211. The van der Waals surface area contributed by atoms with Gasteiger partial charge in [0.05, 0.1) is 18.4 Å². The second-order valence-corrected chi connectivity index (χ2v) is 11.6. The van der Waals surface area contributed by atoms with Crippen molar-refractivity contribution >= 4 is 29.4 Å². The summed E-state index contributed by atoms with van der Waals surface area (Å²) in [5.74, 6) is -3.32. The van der Waals surface area contributed by atoms with Crippen molar-refractivity contribution in [2.75, 3.05) is 18.1 Å². The summed E-state index contributed by atoms with van der Waals surface area (Å²) in [5.41, 5.74) is 0.512. The van der Waals surface area contributed by atoms with E-state index < -0.39 is 29.4 Å². The number of imide groups is 1. The normalized spacial score (nSPS) is 24.8. The number of esters is 1. The lowest BCUT2D eigenvalue weighted by molar-refractivity contribution is -0.153. The summed E-state index contributed by atoms with van der Waals surface area (Å²) >= 11 is 0. The minimum atomic E-state index is -1.03. The fraction of sp³-hybridized carbons (Fsp3) is 0.643. The van der Waals surface area contributed by atoms with E-state index in [-0.39, 0.29) is 47.8 Å². The average Bonchev–Trinajstić information content (AvgIpc) is 3.10. The van der Waals surface area contributed by atoms with E-state index in [4.69, 9.17) is 4.74 Å². The number of ether oxygens (including phenoxy) is 1. The second kappa shape index (κ2) is 10.9. The van der Waals surface area contributed by atoms with Gasteiger partial charge in [-0.05, 0) is 61.5 Å². The van der Waals surface area contributed by atoms with Gasteiger partial charge in [0.2, 0.25) is 17.7 Å². The lowest BCUT2D eigenvalue weighted by Crippen LogP contribution is -2.44. The summed E-state index contributed by atoms with van der Waals surface area (Å²) in [5, 5.41) is 2.09. The van der Waals surface area contributed by atoms with Crippen LogP contribution in [0.25, 0.3) is 0 Å². The molecule has 2 heterocycles. The van der Waals surface area contributed by atoms with Crippen LogP contribution in [-0.2, 0) is 23.9 Å². The van der Waals surface area contributed by atoms with E-state index in [1.165, 1.54) is 37.0 Å². The summed E-state index contributed by atoms with van der Waals surface area (Å²) in [6.07, 6.45) is 7.31. The highest BCUT2D eigenvalue weighted by Crippen LogP contribution is 2.58. The van der Waals surface area contributed by atoms with Crippen molar-refractivity contribution in [1.82, 2.24) is 5.32 Å². The van der Waals surface area contributed by atoms with Gasteiger partial charge in [0, 0.05) is 30.6 Å². The van der Waals surface area contributed by atoms with Crippen molar-refractivity contribution in [1.29, 1.82) is 0 Å². The highest BCUT2D eigenvalue weighted by molar-refractivity contribution is 6.01. The predicted octanol–water partition coefficient (Wildman–Crippen LogP) is 4.62. The fourth-order valence-corrected chi connectivity index (χ4v) is 5.90. The molecule has 2 aliphatic heterocycles. The van der Waals surface area contributed by atoms with E-state index >= 15 is 0 Å². The van der Waals surface area contributed by atoms with Gasteiger partial charge in [-0.2, -0.15) is 0 Å². The van der Waals surface area contributed by atoms with Crippen LogP contribution in [0.1, 0.15) is 83.6 Å². The number of piperidine rings is 1. The highest BCUT2D eigenvalue weighted by atomic mass is 19.1. The molecule has 9 heteroatoms. The van der Waals surface area contributed by atoms with Crippen LogP contribution in [-0.4, -0.2) is 36.8 Å². The third-order valence-electron chi connectivity index (χ3n) is 8.07. The summed E-state index contributed by atoms with van der Waals surface area (Å²) in [7, 11) is 0. The number of anilines is 1. The molecule has 4 fully saturated rings. The zero-order valence-corrected chi connectivity index (χ0v) is 21.8. The largest absolute Gasteiger partial charge is 0.465 e. The summed E-state index contributed by atoms with van der Waals surface area (Å²) < 4.78 is 34.0. The number of carbonyl (C=O) groups is 4. The molecule has 2 saturated heterocycles. The maximum atomic E-state index is 14.4. The molecule has 0 radical (unpaired) electrons. The van der Waals surface area contributed by atoms with E-state index in [1.807, 2.05) is 20.8 Å². The first-order chi connectivity index (χ1) is 17.5. The minimum Gasteiger partial charge on any atom is -0.465 e. The van der Waals surface area contributed by atoms with Crippen LogP contribution in [0.3, 0.4) is 0 Å². The molecule has 2 aliphatic carbocycles. The lowest BCUT2D eigenvalue weighted by atomic mass is 9.52. The van der Waals surface area contributed by atoms with Gasteiger partial charge < -0.3 is 9.64 Å². The van der Waals surface area contributed by atoms with Gasteiger partial charge in [-0.3, -0.25) is 24.5 Å². The Morgan fingerprint density at radius 3 is 2.30 bits per heavy atom. The molecule has 7 nitrogen and oxygen atoms in total. The van der Waals surface area contributed by atoms with Crippen molar-refractivity contribution in [3.05, 3.63) is 29.3 Å². The Balaban J connectivity index is 0.000000195. The number of hydrogen-bond acceptors (Lipinski definition) is 5. The van der Waals surface area contributed by atoms with Gasteiger partial charge in [-0.1, -0.05) is 27.2 Å². The molecule has 1 N–H and O–H groups in total. The van der Waals surface area contributed by atoms with Crippen LogP contribution >= 0.6 is 0 Å². The lowest BCUT2D eigenvalue weighted by Gasteiger charge is -2.54. The maximum absolute atomic E-state index is 14.4. The van der Waals surface area contributed by atoms with Crippen LogP contribution in [0.2, 0.25) is 0 Å². The Kier molecular flexibility index (Phi) is 7.99. The number of halogens is 2. The van der Waals surface area contributed by atoms with E-state index in [9.17, 15) is 28.0 Å². The molecule has 2 unspecified atom stereocenters. The van der Waals surface area contributed by atoms with Crippen LogP contribution in [0, 0.1) is 34.8 Å². The Morgan fingerprint density at radius 1 is 1.16 bits per heavy atom. The van der Waals surface area contributed by atoms with Crippen LogP contribution in [0.5, 0.6) is 0 Å². The molecule has 1 aromatic carbocycles. The monoisotopic (exact) mass is 518 g/mol. The Morgan fingerprint density at radius 2 is 1.81 bits per heavy atom. The molecular weight excluding hydrogens is 482 g/mol. The van der Waals surface area contributed by atoms with Crippen molar-refractivity contribution < 1.29 is 32.7 Å². The number of nitrogens with zero attached hydrogens (tertiary/aromatic N) is 1. The van der Waals surface area contributed by atoms with Crippen molar-refractivity contribution in [2.24, 2.45) is 23.2 Å². The molecule has 1 spiro atoms. The van der Waals surface area contributed by atoms with Crippen molar-refractivity contribution in [3.63, 3.8) is 0 Å². The van der Waals surface area contributed by atoms with E-state index in [0.717, 1.165) is 12.1 Å². The topological polar surface area (TPSA) is 92.8 Å². The predicted molar refractivity (Wildman–Crippen MR) is 132 cm³/mol. The Bertz CT molecular complexity index is 1050. The molecule has 5 rings (SSSR count). The number of benzene rings is 1. The summed E-state index contributed by atoms with van der Waals surface area (Å²) in [4.78, 5) is 47.4. The Hall–Kier alpha value is -2.84. The number of carbonyl (C=O) groups excluding carboxylic acids is 4. The smallest absolute Gasteiger partial charge is 0.308 e. The molecule has 2 atom stereocenters. The quantitative estimate of drug-likeness (QED) is 0.454. The number of nitrogens with one attached hydrogen (secondary N) is 1. The molecule has 0 aromatic heterocycles. The summed E-state index contributed by atoms with van der Waals surface area (Å²) in [6.45, 7) is 6.74. The summed E-state index contributed by atoms with van der Waals surface area (Å²) in [6, 6.07) is 2.16. The van der Waals surface area contributed by atoms with Crippen LogP contribution < -0.4 is 10.2 Å². The van der Waals surface area contributed by atoms with Gasteiger partial charge in [0.15, 0.2) is 0 Å². The van der Waals surface area contributed by atoms with Gasteiger partial charge in [-0.15, -0.1) is 0 Å². The van der Waals surface area contributed by atoms with Crippen LogP contribution in [0.4, 0.5) is 14.5 Å². The molecule has 4 aliphatic rings.